The number of carboxylic acids is 1. The van der Waals surface area contributed by atoms with E-state index in [9.17, 15) is 14.4 Å². The molecule has 8 heteroatoms. The van der Waals surface area contributed by atoms with Crippen molar-refractivity contribution in [3.8, 4) is 0 Å². The molecule has 0 saturated heterocycles. The predicted octanol–water partition coefficient (Wildman–Crippen LogP) is 0.669. The van der Waals surface area contributed by atoms with Crippen molar-refractivity contribution in [2.75, 3.05) is 18.4 Å². The van der Waals surface area contributed by atoms with Crippen molar-refractivity contribution in [1.29, 1.82) is 0 Å². The van der Waals surface area contributed by atoms with Crippen LogP contribution in [0.3, 0.4) is 0 Å². The first-order valence-corrected chi connectivity index (χ1v) is 6.18. The summed E-state index contributed by atoms with van der Waals surface area (Å²) in [7, 11) is 0. The van der Waals surface area contributed by atoms with Crippen molar-refractivity contribution in [2.24, 2.45) is 0 Å². The lowest BCUT2D eigenvalue weighted by Gasteiger charge is -2.07. The van der Waals surface area contributed by atoms with E-state index in [4.69, 9.17) is 5.11 Å². The number of aromatic carboxylic acids is 1. The van der Waals surface area contributed by atoms with Crippen LogP contribution >= 0.6 is 0 Å². The molecule has 8 nitrogen and oxygen atoms in total. The van der Waals surface area contributed by atoms with E-state index in [1.807, 2.05) is 6.92 Å². The summed E-state index contributed by atoms with van der Waals surface area (Å²) in [5, 5.41) is 16.3. The van der Waals surface area contributed by atoms with E-state index in [0.717, 1.165) is 6.42 Å². The fourth-order valence-electron chi connectivity index (χ4n) is 1.51. The minimum atomic E-state index is -1.17. The summed E-state index contributed by atoms with van der Waals surface area (Å²) >= 11 is 0. The van der Waals surface area contributed by atoms with Crippen molar-refractivity contribution < 1.29 is 19.5 Å². The van der Waals surface area contributed by atoms with Gasteiger partial charge in [0.25, 0.3) is 0 Å². The van der Waals surface area contributed by atoms with Crippen LogP contribution in [0.5, 0.6) is 0 Å². The molecule has 110 valence electrons. The van der Waals surface area contributed by atoms with E-state index in [-0.39, 0.29) is 23.8 Å². The molecular weight excluding hydrogens is 264 g/mol. The Balaban J connectivity index is 2.50. The Hall–Kier alpha value is -2.51. The molecule has 0 saturated carbocycles. The van der Waals surface area contributed by atoms with Crippen LogP contribution in [-0.2, 0) is 4.79 Å². The number of rotatable bonds is 6. The van der Waals surface area contributed by atoms with Gasteiger partial charge < -0.3 is 26.0 Å². The number of urea groups is 1. The maximum absolute atomic E-state index is 11.6. The molecule has 0 aliphatic rings. The van der Waals surface area contributed by atoms with Gasteiger partial charge in [-0.15, -0.1) is 0 Å². The van der Waals surface area contributed by atoms with Crippen LogP contribution < -0.4 is 16.0 Å². The number of aromatic nitrogens is 1. The monoisotopic (exact) mass is 282 g/mol. The Morgan fingerprint density at radius 1 is 1.30 bits per heavy atom. The summed E-state index contributed by atoms with van der Waals surface area (Å²) in [6.45, 7) is 3.97. The molecule has 0 aromatic carbocycles. The van der Waals surface area contributed by atoms with Gasteiger partial charge in [0.2, 0.25) is 5.91 Å². The maximum Gasteiger partial charge on any atom is 0.354 e. The molecular formula is C12H18N4O4. The molecule has 0 bridgehead atoms. The predicted molar refractivity (Wildman–Crippen MR) is 72.8 cm³/mol. The van der Waals surface area contributed by atoms with E-state index >= 15 is 0 Å². The lowest BCUT2D eigenvalue weighted by atomic mass is 10.3. The van der Waals surface area contributed by atoms with Gasteiger partial charge in [-0.3, -0.25) is 4.79 Å². The van der Waals surface area contributed by atoms with Crippen LogP contribution in [0.25, 0.3) is 0 Å². The standard InChI is InChI=1S/C12H18N4O4/c1-3-4-13-9(17)6-14-12(20)16-8-5-7(2)15-10(8)11(18)19/h5,15H,3-4,6H2,1-2H3,(H,13,17)(H,18,19)(H2,14,16,20). The number of hydrogen-bond acceptors (Lipinski definition) is 3. The number of nitrogens with one attached hydrogen (secondary N) is 4. The summed E-state index contributed by atoms with van der Waals surface area (Å²) in [6.07, 6.45) is 0.808. The molecule has 0 aliphatic heterocycles. The highest BCUT2D eigenvalue weighted by Crippen LogP contribution is 2.16. The summed E-state index contributed by atoms with van der Waals surface area (Å²) in [5.74, 6) is -1.47. The third-order valence-corrected chi connectivity index (χ3v) is 2.40. The fraction of sp³-hybridized carbons (Fsp3) is 0.417. The zero-order valence-electron chi connectivity index (χ0n) is 11.4. The smallest absolute Gasteiger partial charge is 0.354 e. The molecule has 0 fully saturated rings. The van der Waals surface area contributed by atoms with E-state index in [1.54, 1.807) is 6.92 Å². The molecule has 1 aromatic heterocycles. The van der Waals surface area contributed by atoms with Crippen molar-refractivity contribution in [1.82, 2.24) is 15.6 Å². The zero-order chi connectivity index (χ0) is 15.1. The number of aryl methyl sites for hydroxylation is 1. The number of amides is 3. The molecule has 3 amide bonds. The zero-order valence-corrected chi connectivity index (χ0v) is 11.4. The number of carboxylic acid groups (broad SMARTS) is 1. The Kier molecular flexibility index (Phi) is 5.57. The van der Waals surface area contributed by atoms with Crippen LogP contribution in [0.4, 0.5) is 10.5 Å². The lowest BCUT2D eigenvalue weighted by molar-refractivity contribution is -0.120. The highest BCUT2D eigenvalue weighted by atomic mass is 16.4. The van der Waals surface area contributed by atoms with Gasteiger partial charge in [0.05, 0.1) is 12.2 Å². The van der Waals surface area contributed by atoms with Crippen LogP contribution in [0, 0.1) is 6.92 Å². The van der Waals surface area contributed by atoms with Crippen molar-refractivity contribution >= 4 is 23.6 Å². The highest BCUT2D eigenvalue weighted by molar-refractivity contribution is 5.99. The number of anilines is 1. The second-order valence-corrected chi connectivity index (χ2v) is 4.20. The molecule has 1 rings (SSSR count). The topological polar surface area (TPSA) is 123 Å². The van der Waals surface area contributed by atoms with E-state index in [2.05, 4.69) is 20.9 Å². The second-order valence-electron chi connectivity index (χ2n) is 4.20. The second kappa shape index (κ2) is 7.17. The van der Waals surface area contributed by atoms with Crippen molar-refractivity contribution in [3.05, 3.63) is 17.5 Å². The Morgan fingerprint density at radius 2 is 2.00 bits per heavy atom. The average molecular weight is 282 g/mol. The van der Waals surface area contributed by atoms with Crippen LogP contribution in [0.15, 0.2) is 6.07 Å². The summed E-state index contributed by atoms with van der Waals surface area (Å²) in [6, 6.07) is 0.860. The average Bonchev–Trinajstić information content (AvgIpc) is 2.75. The molecule has 0 radical (unpaired) electrons. The number of carbonyl (C=O) groups is 3. The first kappa shape index (κ1) is 15.5. The van der Waals surface area contributed by atoms with Gasteiger partial charge >= 0.3 is 12.0 Å². The van der Waals surface area contributed by atoms with Crippen LogP contribution in [-0.4, -0.2) is 41.1 Å². The molecule has 5 N–H and O–H groups in total. The van der Waals surface area contributed by atoms with E-state index in [1.165, 1.54) is 6.07 Å². The van der Waals surface area contributed by atoms with Crippen LogP contribution in [0.1, 0.15) is 29.5 Å². The number of hydrogen-bond donors (Lipinski definition) is 5. The lowest BCUT2D eigenvalue weighted by Crippen LogP contribution is -2.39. The summed E-state index contributed by atoms with van der Waals surface area (Å²) < 4.78 is 0. The Morgan fingerprint density at radius 3 is 2.60 bits per heavy atom. The van der Waals surface area contributed by atoms with Gasteiger partial charge in [-0.25, -0.2) is 9.59 Å². The molecule has 20 heavy (non-hydrogen) atoms. The SMILES string of the molecule is CCCNC(=O)CNC(=O)Nc1cc(C)[nH]c1C(=O)O. The van der Waals surface area contributed by atoms with Gasteiger partial charge in [0, 0.05) is 12.2 Å². The normalized spacial score (nSPS) is 9.90. The number of carbonyl (C=O) groups excluding carboxylic acids is 2. The molecule has 0 atom stereocenters. The summed E-state index contributed by atoms with van der Waals surface area (Å²) in [5.41, 5.74) is 0.660. The Labute approximate surface area is 115 Å². The number of aromatic amines is 1. The largest absolute Gasteiger partial charge is 0.477 e. The van der Waals surface area contributed by atoms with E-state index in [0.29, 0.717) is 12.2 Å². The molecule has 0 aliphatic carbocycles. The Bertz CT molecular complexity index is 510. The first-order valence-electron chi connectivity index (χ1n) is 6.18. The molecule has 0 unspecified atom stereocenters. The van der Waals surface area contributed by atoms with Crippen molar-refractivity contribution in [3.63, 3.8) is 0 Å². The minimum absolute atomic E-state index is 0.104. The van der Waals surface area contributed by atoms with Gasteiger partial charge in [-0.1, -0.05) is 6.92 Å². The number of H-pyrrole nitrogens is 1. The van der Waals surface area contributed by atoms with E-state index < -0.39 is 12.0 Å². The van der Waals surface area contributed by atoms with Crippen LogP contribution in [0.2, 0.25) is 0 Å². The molecule has 1 aromatic rings. The quantitative estimate of drug-likeness (QED) is 0.526. The highest BCUT2D eigenvalue weighted by Gasteiger charge is 2.15. The third-order valence-electron chi connectivity index (χ3n) is 2.40. The van der Waals surface area contributed by atoms with Gasteiger partial charge in [-0.05, 0) is 19.4 Å². The summed E-state index contributed by atoms with van der Waals surface area (Å²) in [4.78, 5) is 36.4. The first-order chi connectivity index (χ1) is 9.43. The van der Waals surface area contributed by atoms with Gasteiger partial charge in [0.15, 0.2) is 0 Å². The minimum Gasteiger partial charge on any atom is -0.477 e. The maximum atomic E-state index is 11.6. The third kappa shape index (κ3) is 4.63. The van der Waals surface area contributed by atoms with Gasteiger partial charge in [-0.2, -0.15) is 0 Å². The van der Waals surface area contributed by atoms with Gasteiger partial charge in [0.1, 0.15) is 5.69 Å². The molecule has 0 spiro atoms. The fourth-order valence-corrected chi connectivity index (χ4v) is 1.51. The van der Waals surface area contributed by atoms with Crippen molar-refractivity contribution in [2.45, 2.75) is 20.3 Å². The molecule has 1 heterocycles.